The van der Waals surface area contributed by atoms with Crippen molar-refractivity contribution in [2.75, 3.05) is 19.6 Å². The Balaban J connectivity index is 1.75. The van der Waals surface area contributed by atoms with Crippen LogP contribution in [0, 0.1) is 0 Å². The van der Waals surface area contributed by atoms with E-state index in [0.717, 1.165) is 5.56 Å². The van der Waals surface area contributed by atoms with Gasteiger partial charge >= 0.3 is 12.1 Å². The average Bonchev–Trinajstić information content (AvgIpc) is 3.29. The molecule has 0 saturated carbocycles. The molecule has 192 valence electrons. The SMILES string of the molecule is CC(NC(=O)CNC(=O)CNC(=O)OC(C)(C)C)C(=O)N1CCCC1C(=O)OCc1ccccc1. The lowest BCUT2D eigenvalue weighted by Gasteiger charge is -2.26. The van der Waals surface area contributed by atoms with Gasteiger partial charge in [0.15, 0.2) is 0 Å². The highest BCUT2D eigenvalue weighted by atomic mass is 16.6. The number of hydrogen-bond donors (Lipinski definition) is 3. The topological polar surface area (TPSA) is 143 Å². The van der Waals surface area contributed by atoms with Crippen molar-refractivity contribution < 1.29 is 33.4 Å². The molecule has 11 heteroatoms. The van der Waals surface area contributed by atoms with Crippen molar-refractivity contribution in [3.05, 3.63) is 35.9 Å². The van der Waals surface area contributed by atoms with Crippen molar-refractivity contribution in [2.24, 2.45) is 0 Å². The van der Waals surface area contributed by atoms with Crippen LogP contribution in [0.4, 0.5) is 4.79 Å². The molecule has 4 amide bonds. The summed E-state index contributed by atoms with van der Waals surface area (Å²) in [5.74, 6) is -2.07. The van der Waals surface area contributed by atoms with Crippen molar-refractivity contribution in [2.45, 2.75) is 64.8 Å². The first-order valence-electron chi connectivity index (χ1n) is 11.5. The highest BCUT2D eigenvalue weighted by molar-refractivity contribution is 5.92. The molecule has 0 aliphatic carbocycles. The van der Waals surface area contributed by atoms with Gasteiger partial charge in [-0.1, -0.05) is 30.3 Å². The van der Waals surface area contributed by atoms with Crippen molar-refractivity contribution in [1.29, 1.82) is 0 Å². The molecule has 2 unspecified atom stereocenters. The number of ether oxygens (including phenoxy) is 2. The van der Waals surface area contributed by atoms with Gasteiger partial charge in [0.05, 0.1) is 6.54 Å². The van der Waals surface area contributed by atoms with Gasteiger partial charge in [0, 0.05) is 6.54 Å². The third-order valence-electron chi connectivity index (χ3n) is 5.02. The third kappa shape index (κ3) is 9.63. The van der Waals surface area contributed by atoms with E-state index in [0.29, 0.717) is 19.4 Å². The molecule has 1 aromatic carbocycles. The number of alkyl carbamates (subject to hydrolysis) is 1. The maximum absolute atomic E-state index is 12.9. The third-order valence-corrected chi connectivity index (χ3v) is 5.02. The molecule has 2 rings (SSSR count). The summed E-state index contributed by atoms with van der Waals surface area (Å²) < 4.78 is 10.4. The van der Waals surface area contributed by atoms with E-state index < -0.39 is 47.5 Å². The van der Waals surface area contributed by atoms with Crippen molar-refractivity contribution in [1.82, 2.24) is 20.9 Å². The number of carbonyl (C=O) groups is 5. The lowest BCUT2D eigenvalue weighted by molar-refractivity contribution is -0.155. The second kappa shape index (κ2) is 12.7. The Kier molecular flexibility index (Phi) is 10.0. The van der Waals surface area contributed by atoms with Gasteiger partial charge in [0.1, 0.15) is 30.8 Å². The number of nitrogens with one attached hydrogen (secondary N) is 3. The average molecular weight is 491 g/mol. The van der Waals surface area contributed by atoms with E-state index in [1.165, 1.54) is 11.8 Å². The Morgan fingerprint density at radius 3 is 2.34 bits per heavy atom. The molecule has 1 fully saturated rings. The predicted octanol–water partition coefficient (Wildman–Crippen LogP) is 0.866. The van der Waals surface area contributed by atoms with Crippen LogP contribution in [0.1, 0.15) is 46.1 Å². The van der Waals surface area contributed by atoms with Gasteiger partial charge in [-0.25, -0.2) is 9.59 Å². The minimum Gasteiger partial charge on any atom is -0.459 e. The molecule has 35 heavy (non-hydrogen) atoms. The Morgan fingerprint density at radius 2 is 1.69 bits per heavy atom. The molecule has 11 nitrogen and oxygen atoms in total. The van der Waals surface area contributed by atoms with Crippen LogP contribution in [0.25, 0.3) is 0 Å². The zero-order valence-corrected chi connectivity index (χ0v) is 20.6. The zero-order valence-electron chi connectivity index (χ0n) is 20.6. The number of likely N-dealkylation sites (tertiary alicyclic amines) is 1. The van der Waals surface area contributed by atoms with Gasteiger partial charge < -0.3 is 30.3 Å². The zero-order chi connectivity index (χ0) is 26.0. The summed E-state index contributed by atoms with van der Waals surface area (Å²) in [5, 5.41) is 7.16. The number of benzene rings is 1. The number of esters is 1. The fraction of sp³-hybridized carbons (Fsp3) is 0.542. The largest absolute Gasteiger partial charge is 0.459 e. The highest BCUT2D eigenvalue weighted by Gasteiger charge is 2.37. The number of hydrogen-bond acceptors (Lipinski definition) is 7. The molecule has 1 heterocycles. The van der Waals surface area contributed by atoms with E-state index >= 15 is 0 Å². The van der Waals surface area contributed by atoms with Crippen molar-refractivity contribution >= 4 is 29.8 Å². The van der Waals surface area contributed by atoms with Crippen LogP contribution in [0.15, 0.2) is 30.3 Å². The molecular formula is C24H34N4O7. The molecule has 1 aromatic rings. The second-order valence-corrected chi connectivity index (χ2v) is 9.20. The normalized spacial score (nSPS) is 16.1. The molecule has 2 atom stereocenters. The maximum atomic E-state index is 12.9. The first-order valence-corrected chi connectivity index (χ1v) is 11.5. The van der Waals surface area contributed by atoms with Crippen LogP contribution >= 0.6 is 0 Å². The second-order valence-electron chi connectivity index (χ2n) is 9.20. The van der Waals surface area contributed by atoms with Gasteiger partial charge in [-0.2, -0.15) is 0 Å². The molecule has 0 spiro atoms. The van der Waals surface area contributed by atoms with Gasteiger partial charge in [-0.05, 0) is 46.1 Å². The lowest BCUT2D eigenvalue weighted by Crippen LogP contribution is -2.52. The monoisotopic (exact) mass is 490 g/mol. The number of nitrogens with zero attached hydrogens (tertiary/aromatic N) is 1. The summed E-state index contributed by atoms with van der Waals surface area (Å²) in [5.41, 5.74) is 0.150. The summed E-state index contributed by atoms with van der Waals surface area (Å²) in [7, 11) is 0. The van der Waals surface area contributed by atoms with E-state index in [9.17, 15) is 24.0 Å². The lowest BCUT2D eigenvalue weighted by atomic mass is 10.2. The number of amides is 4. The van der Waals surface area contributed by atoms with Gasteiger partial charge in [0.2, 0.25) is 17.7 Å². The Labute approximate surface area is 204 Å². The van der Waals surface area contributed by atoms with Crippen LogP contribution < -0.4 is 16.0 Å². The Bertz CT molecular complexity index is 914. The Hall–Kier alpha value is -3.63. The van der Waals surface area contributed by atoms with Crippen molar-refractivity contribution in [3.63, 3.8) is 0 Å². The standard InChI is InChI=1S/C24H34N4O7/c1-16(27-20(30)14-25-19(29)13-26-23(33)35-24(2,3)4)21(31)28-12-8-11-18(28)22(32)34-15-17-9-6-5-7-10-17/h5-7,9-10,16,18H,8,11-15H2,1-4H3,(H,25,29)(H,26,33)(H,27,30). The summed E-state index contributed by atoms with van der Waals surface area (Å²) in [4.78, 5) is 62.4. The molecule has 0 aromatic heterocycles. The molecule has 1 aliphatic heterocycles. The van der Waals surface area contributed by atoms with Crippen LogP contribution in [-0.4, -0.2) is 72.0 Å². The molecule has 1 aliphatic rings. The van der Waals surface area contributed by atoms with Crippen LogP contribution in [-0.2, 0) is 35.3 Å². The van der Waals surface area contributed by atoms with Gasteiger partial charge in [0.25, 0.3) is 0 Å². The smallest absolute Gasteiger partial charge is 0.408 e. The van der Waals surface area contributed by atoms with E-state index in [4.69, 9.17) is 9.47 Å². The minimum atomic E-state index is -0.901. The van der Waals surface area contributed by atoms with E-state index in [2.05, 4.69) is 16.0 Å². The number of rotatable bonds is 9. The fourth-order valence-electron chi connectivity index (χ4n) is 3.41. The van der Waals surface area contributed by atoms with Gasteiger partial charge in [-0.15, -0.1) is 0 Å². The fourth-order valence-corrected chi connectivity index (χ4v) is 3.41. The minimum absolute atomic E-state index is 0.118. The Morgan fingerprint density at radius 1 is 1.03 bits per heavy atom. The molecular weight excluding hydrogens is 456 g/mol. The first-order chi connectivity index (χ1) is 16.5. The highest BCUT2D eigenvalue weighted by Crippen LogP contribution is 2.20. The van der Waals surface area contributed by atoms with Gasteiger partial charge in [-0.3, -0.25) is 14.4 Å². The molecule has 0 radical (unpaired) electrons. The van der Waals surface area contributed by atoms with E-state index in [1.54, 1.807) is 20.8 Å². The summed E-state index contributed by atoms with van der Waals surface area (Å²) >= 11 is 0. The number of carbonyl (C=O) groups excluding carboxylic acids is 5. The van der Waals surface area contributed by atoms with Crippen LogP contribution in [0.5, 0.6) is 0 Å². The molecule has 3 N–H and O–H groups in total. The van der Waals surface area contributed by atoms with Crippen LogP contribution in [0.2, 0.25) is 0 Å². The summed E-state index contributed by atoms with van der Waals surface area (Å²) in [6.45, 7) is 6.35. The van der Waals surface area contributed by atoms with E-state index in [1.807, 2.05) is 30.3 Å². The maximum Gasteiger partial charge on any atom is 0.408 e. The molecule has 0 bridgehead atoms. The predicted molar refractivity (Wildman–Crippen MR) is 126 cm³/mol. The van der Waals surface area contributed by atoms with Crippen LogP contribution in [0.3, 0.4) is 0 Å². The summed E-state index contributed by atoms with van der Waals surface area (Å²) in [6, 6.07) is 7.64. The summed E-state index contributed by atoms with van der Waals surface area (Å²) in [6.07, 6.45) is 0.387. The van der Waals surface area contributed by atoms with E-state index in [-0.39, 0.29) is 19.7 Å². The van der Waals surface area contributed by atoms with Crippen molar-refractivity contribution in [3.8, 4) is 0 Å². The first kappa shape index (κ1) is 27.6. The quantitative estimate of drug-likeness (QED) is 0.436. The molecule has 1 saturated heterocycles.